The van der Waals surface area contributed by atoms with Crippen molar-refractivity contribution in [2.24, 2.45) is 11.1 Å². The highest BCUT2D eigenvalue weighted by Crippen LogP contribution is 2.32. The molecular weight excluding hydrogens is 232 g/mol. The summed E-state index contributed by atoms with van der Waals surface area (Å²) in [4.78, 5) is 2.56. The molecule has 1 heterocycles. The lowest BCUT2D eigenvalue weighted by molar-refractivity contribution is 0.325. The van der Waals surface area contributed by atoms with Gasteiger partial charge >= 0.3 is 0 Å². The second-order valence-corrected chi connectivity index (χ2v) is 6.81. The predicted octanol–water partition coefficient (Wildman–Crippen LogP) is 3.59. The summed E-state index contributed by atoms with van der Waals surface area (Å²) in [5, 5.41) is 0. The Hall–Kier alpha value is -1.02. The van der Waals surface area contributed by atoms with Gasteiger partial charge in [-0.05, 0) is 49.7 Å². The van der Waals surface area contributed by atoms with Gasteiger partial charge in [0.25, 0.3) is 0 Å². The number of nitrogens with zero attached hydrogens (tertiary/aromatic N) is 1. The average Bonchev–Trinajstić information content (AvgIpc) is 2.50. The van der Waals surface area contributed by atoms with Gasteiger partial charge in [-0.3, -0.25) is 0 Å². The molecule has 0 bridgehead atoms. The maximum atomic E-state index is 5.98. The van der Waals surface area contributed by atoms with E-state index >= 15 is 0 Å². The van der Waals surface area contributed by atoms with E-state index in [1.807, 2.05) is 0 Å². The van der Waals surface area contributed by atoms with E-state index in [-0.39, 0.29) is 6.04 Å². The predicted molar refractivity (Wildman–Crippen MR) is 83.6 cm³/mol. The van der Waals surface area contributed by atoms with Gasteiger partial charge in [-0.25, -0.2) is 0 Å². The second kappa shape index (κ2) is 5.96. The van der Waals surface area contributed by atoms with E-state index in [4.69, 9.17) is 5.73 Å². The van der Waals surface area contributed by atoms with Crippen LogP contribution in [0, 0.1) is 5.41 Å². The molecule has 0 radical (unpaired) electrons. The third-order valence-electron chi connectivity index (χ3n) is 4.21. The van der Waals surface area contributed by atoms with Crippen molar-refractivity contribution < 1.29 is 0 Å². The molecule has 2 nitrogen and oxygen atoms in total. The molecule has 1 aromatic carbocycles. The number of anilines is 1. The Balaban J connectivity index is 2.17. The van der Waals surface area contributed by atoms with Crippen molar-refractivity contribution in [1.82, 2.24) is 0 Å². The lowest BCUT2D eigenvalue weighted by Gasteiger charge is -2.27. The molecule has 1 aliphatic heterocycles. The summed E-state index contributed by atoms with van der Waals surface area (Å²) in [5.41, 5.74) is 9.27. The molecule has 1 fully saturated rings. The molecule has 0 aliphatic carbocycles. The average molecular weight is 260 g/mol. The van der Waals surface area contributed by atoms with Crippen molar-refractivity contribution in [2.75, 3.05) is 18.0 Å². The van der Waals surface area contributed by atoms with Crippen LogP contribution in [0.3, 0.4) is 0 Å². The minimum absolute atomic E-state index is 0.226. The highest BCUT2D eigenvalue weighted by molar-refractivity contribution is 5.54. The molecule has 0 spiro atoms. The summed E-state index contributed by atoms with van der Waals surface area (Å²) in [7, 11) is 0. The van der Waals surface area contributed by atoms with Gasteiger partial charge in [0, 0.05) is 24.8 Å². The van der Waals surface area contributed by atoms with Gasteiger partial charge in [0.2, 0.25) is 0 Å². The molecule has 0 saturated carbocycles. The topological polar surface area (TPSA) is 29.3 Å². The molecule has 1 saturated heterocycles. The summed E-state index contributed by atoms with van der Waals surface area (Å²) in [5.74, 6) is 0. The zero-order valence-corrected chi connectivity index (χ0v) is 12.7. The van der Waals surface area contributed by atoms with Crippen LogP contribution in [0.4, 0.5) is 5.69 Å². The fourth-order valence-electron chi connectivity index (χ4n) is 3.00. The van der Waals surface area contributed by atoms with Gasteiger partial charge < -0.3 is 10.6 Å². The zero-order chi connectivity index (χ0) is 13.9. The Labute approximate surface area is 118 Å². The Morgan fingerprint density at radius 2 is 1.95 bits per heavy atom. The summed E-state index contributed by atoms with van der Waals surface area (Å²) >= 11 is 0. The van der Waals surface area contributed by atoms with E-state index in [0.717, 1.165) is 6.42 Å². The Morgan fingerprint density at radius 3 is 2.68 bits per heavy atom. The molecule has 2 heteroatoms. The van der Waals surface area contributed by atoms with Gasteiger partial charge in [0.1, 0.15) is 0 Å². The second-order valence-electron chi connectivity index (χ2n) is 6.81. The fraction of sp³-hybridized carbons (Fsp3) is 0.647. The summed E-state index contributed by atoms with van der Waals surface area (Å²) in [6, 6.07) is 8.99. The number of hydrogen-bond donors (Lipinski definition) is 1. The first-order valence-corrected chi connectivity index (χ1v) is 7.56. The van der Waals surface area contributed by atoms with Crippen molar-refractivity contribution in [2.45, 2.75) is 52.5 Å². The van der Waals surface area contributed by atoms with Crippen molar-refractivity contribution in [3.8, 4) is 0 Å². The number of hydrogen-bond acceptors (Lipinski definition) is 2. The molecule has 106 valence electrons. The molecule has 1 atom stereocenters. The van der Waals surface area contributed by atoms with Gasteiger partial charge in [-0.1, -0.05) is 32.0 Å². The van der Waals surface area contributed by atoms with Crippen LogP contribution in [0.5, 0.6) is 0 Å². The minimum atomic E-state index is 0.226. The number of benzene rings is 1. The first-order chi connectivity index (χ1) is 8.98. The molecule has 1 aromatic rings. The van der Waals surface area contributed by atoms with Crippen LogP contribution in [0.25, 0.3) is 0 Å². The molecular formula is C17H28N2. The minimum Gasteiger partial charge on any atom is -0.371 e. The smallest absolute Gasteiger partial charge is 0.0399 e. The summed E-state index contributed by atoms with van der Waals surface area (Å²) in [6.45, 7) is 9.22. The standard InChI is InChI=1S/C17H28N2/c1-14(18)13-15-7-4-5-8-16(15)19-11-6-9-17(2,3)10-12-19/h4-5,7-8,14H,6,9-13,18H2,1-3H3. The van der Waals surface area contributed by atoms with Gasteiger partial charge in [-0.2, -0.15) is 0 Å². The number of nitrogens with two attached hydrogens (primary N) is 1. The van der Waals surface area contributed by atoms with E-state index < -0.39 is 0 Å². The van der Waals surface area contributed by atoms with Gasteiger partial charge in [0.15, 0.2) is 0 Å². The highest BCUT2D eigenvalue weighted by atomic mass is 15.1. The van der Waals surface area contributed by atoms with Gasteiger partial charge in [0.05, 0.1) is 0 Å². The van der Waals surface area contributed by atoms with Crippen molar-refractivity contribution in [3.05, 3.63) is 29.8 Å². The van der Waals surface area contributed by atoms with Crippen LogP contribution >= 0.6 is 0 Å². The lowest BCUT2D eigenvalue weighted by Crippen LogP contribution is -2.27. The van der Waals surface area contributed by atoms with E-state index in [1.165, 1.54) is 43.6 Å². The maximum Gasteiger partial charge on any atom is 0.0399 e. The fourth-order valence-corrected chi connectivity index (χ4v) is 3.00. The molecule has 2 rings (SSSR count). The Morgan fingerprint density at radius 1 is 1.21 bits per heavy atom. The van der Waals surface area contributed by atoms with Crippen LogP contribution in [-0.2, 0) is 6.42 Å². The Bertz CT molecular complexity index is 409. The zero-order valence-electron chi connectivity index (χ0n) is 12.7. The third kappa shape index (κ3) is 3.97. The first kappa shape index (κ1) is 14.4. The molecule has 1 aliphatic rings. The molecule has 0 aromatic heterocycles. The first-order valence-electron chi connectivity index (χ1n) is 7.56. The van der Waals surface area contributed by atoms with E-state index in [2.05, 4.69) is 49.9 Å². The normalized spacial score (nSPS) is 20.9. The van der Waals surface area contributed by atoms with Gasteiger partial charge in [-0.15, -0.1) is 0 Å². The van der Waals surface area contributed by atoms with Crippen molar-refractivity contribution in [1.29, 1.82) is 0 Å². The Kier molecular flexibility index (Phi) is 4.51. The number of rotatable bonds is 3. The molecule has 19 heavy (non-hydrogen) atoms. The van der Waals surface area contributed by atoms with E-state index in [9.17, 15) is 0 Å². The molecule has 2 N–H and O–H groups in total. The van der Waals surface area contributed by atoms with Crippen molar-refractivity contribution in [3.63, 3.8) is 0 Å². The van der Waals surface area contributed by atoms with E-state index in [0.29, 0.717) is 5.41 Å². The van der Waals surface area contributed by atoms with Crippen LogP contribution in [-0.4, -0.2) is 19.1 Å². The van der Waals surface area contributed by atoms with Crippen LogP contribution in [0.15, 0.2) is 24.3 Å². The van der Waals surface area contributed by atoms with Crippen molar-refractivity contribution >= 4 is 5.69 Å². The summed E-state index contributed by atoms with van der Waals surface area (Å²) in [6.07, 6.45) is 4.87. The molecule has 1 unspecified atom stereocenters. The molecule has 0 amide bonds. The third-order valence-corrected chi connectivity index (χ3v) is 4.21. The van der Waals surface area contributed by atoms with Crippen LogP contribution < -0.4 is 10.6 Å². The van der Waals surface area contributed by atoms with Crippen LogP contribution in [0.1, 0.15) is 45.6 Å². The quantitative estimate of drug-likeness (QED) is 0.900. The summed E-state index contributed by atoms with van der Waals surface area (Å²) < 4.78 is 0. The largest absolute Gasteiger partial charge is 0.371 e. The monoisotopic (exact) mass is 260 g/mol. The van der Waals surface area contributed by atoms with E-state index in [1.54, 1.807) is 0 Å². The maximum absolute atomic E-state index is 5.98. The highest BCUT2D eigenvalue weighted by Gasteiger charge is 2.24. The van der Waals surface area contributed by atoms with Crippen LogP contribution in [0.2, 0.25) is 0 Å². The lowest BCUT2D eigenvalue weighted by atomic mass is 9.85. The number of para-hydroxylation sites is 1. The SMILES string of the molecule is CC(N)Cc1ccccc1N1CCCC(C)(C)CC1.